The Morgan fingerprint density at radius 2 is 1.75 bits per heavy atom. The molecule has 0 aliphatic rings. The van der Waals surface area contributed by atoms with Gasteiger partial charge in [-0.2, -0.15) is 9.78 Å². The van der Waals surface area contributed by atoms with Gasteiger partial charge in [-0.15, -0.1) is 10.2 Å². The van der Waals surface area contributed by atoms with E-state index in [0.717, 1.165) is 5.56 Å². The van der Waals surface area contributed by atoms with E-state index in [1.807, 2.05) is 30.3 Å². The Morgan fingerprint density at radius 1 is 0.958 bits per heavy atom. The van der Waals surface area contributed by atoms with Crippen molar-refractivity contribution in [2.24, 2.45) is 0 Å². The van der Waals surface area contributed by atoms with Gasteiger partial charge in [0.1, 0.15) is 12.4 Å². The minimum Gasteiger partial charge on any atom is -0.337 e. The summed E-state index contributed by atoms with van der Waals surface area (Å²) < 4.78 is 18.9. The molecule has 0 aliphatic heterocycles. The van der Waals surface area contributed by atoms with Gasteiger partial charge in [0, 0.05) is 5.56 Å². The Balaban J connectivity index is 1.55. The summed E-state index contributed by atoms with van der Waals surface area (Å²) in [5, 5.41) is 16.0. The highest BCUT2D eigenvalue weighted by atomic mass is 19.1. The molecule has 0 saturated heterocycles. The fourth-order valence-corrected chi connectivity index (χ4v) is 2.21. The molecular formula is C16H11FN6O. The molecule has 2 aromatic heterocycles. The summed E-state index contributed by atoms with van der Waals surface area (Å²) in [6, 6.07) is 15.7. The molecule has 0 aliphatic carbocycles. The maximum Gasteiger partial charge on any atom is 0.250 e. The first-order chi connectivity index (χ1) is 11.8. The molecule has 4 rings (SSSR count). The van der Waals surface area contributed by atoms with E-state index >= 15 is 0 Å². The topological polar surface area (TPSA) is 82.5 Å². The summed E-state index contributed by atoms with van der Waals surface area (Å²) in [5.74, 6) is 0.552. The van der Waals surface area contributed by atoms with E-state index in [9.17, 15) is 4.39 Å². The highest BCUT2D eigenvalue weighted by Crippen LogP contribution is 2.19. The first-order valence-corrected chi connectivity index (χ1v) is 7.20. The fraction of sp³-hybridized carbons (Fsp3) is 0.0625. The average Bonchev–Trinajstić information content (AvgIpc) is 3.26. The fourth-order valence-electron chi connectivity index (χ4n) is 2.21. The molecule has 2 heterocycles. The molecule has 0 radical (unpaired) electrons. The molecule has 7 nitrogen and oxygen atoms in total. The van der Waals surface area contributed by atoms with E-state index < -0.39 is 5.82 Å². The molecule has 0 saturated carbocycles. The Labute approximate surface area is 135 Å². The van der Waals surface area contributed by atoms with Crippen molar-refractivity contribution in [3.8, 4) is 22.8 Å². The van der Waals surface area contributed by atoms with Crippen molar-refractivity contribution >= 4 is 0 Å². The third-order valence-corrected chi connectivity index (χ3v) is 3.34. The number of rotatable bonds is 4. The van der Waals surface area contributed by atoms with Gasteiger partial charge < -0.3 is 4.52 Å². The Morgan fingerprint density at radius 3 is 2.58 bits per heavy atom. The van der Waals surface area contributed by atoms with Crippen molar-refractivity contribution < 1.29 is 8.91 Å². The van der Waals surface area contributed by atoms with E-state index in [4.69, 9.17) is 4.52 Å². The number of tetrazole rings is 1. The molecular weight excluding hydrogens is 311 g/mol. The van der Waals surface area contributed by atoms with Crippen LogP contribution in [0.3, 0.4) is 0 Å². The molecule has 0 N–H and O–H groups in total. The van der Waals surface area contributed by atoms with Gasteiger partial charge in [-0.05, 0) is 17.3 Å². The van der Waals surface area contributed by atoms with Crippen LogP contribution < -0.4 is 0 Å². The maximum absolute atomic E-state index is 13.7. The standard InChI is InChI=1S/C16H11FN6O/c17-13-9-5-4-8-12(13)16-18-14(24-21-16)10-23-20-15(19-22-23)11-6-2-1-3-7-11/h1-9H,10H2. The van der Waals surface area contributed by atoms with Crippen LogP contribution in [0, 0.1) is 5.82 Å². The number of benzene rings is 2. The smallest absolute Gasteiger partial charge is 0.250 e. The average molecular weight is 322 g/mol. The largest absolute Gasteiger partial charge is 0.337 e. The van der Waals surface area contributed by atoms with Gasteiger partial charge in [0.2, 0.25) is 11.6 Å². The third kappa shape index (κ3) is 2.76. The van der Waals surface area contributed by atoms with Crippen LogP contribution in [0.1, 0.15) is 5.89 Å². The second kappa shape index (κ2) is 5.99. The predicted octanol–water partition coefficient (Wildman–Crippen LogP) is 2.58. The lowest BCUT2D eigenvalue weighted by Crippen LogP contribution is -2.04. The molecule has 0 fully saturated rings. The molecule has 0 spiro atoms. The molecule has 24 heavy (non-hydrogen) atoms. The van der Waals surface area contributed by atoms with Crippen molar-refractivity contribution in [3.05, 3.63) is 66.3 Å². The van der Waals surface area contributed by atoms with Crippen LogP contribution in [0.5, 0.6) is 0 Å². The van der Waals surface area contributed by atoms with Crippen LogP contribution in [-0.4, -0.2) is 30.3 Å². The summed E-state index contributed by atoms with van der Waals surface area (Å²) in [6.45, 7) is 0.154. The lowest BCUT2D eigenvalue weighted by atomic mass is 10.2. The van der Waals surface area contributed by atoms with Gasteiger partial charge in [-0.25, -0.2) is 4.39 Å². The second-order valence-electron chi connectivity index (χ2n) is 5.00. The van der Waals surface area contributed by atoms with E-state index in [1.54, 1.807) is 18.2 Å². The van der Waals surface area contributed by atoms with E-state index in [1.165, 1.54) is 10.9 Å². The molecule has 0 bridgehead atoms. The van der Waals surface area contributed by atoms with E-state index in [-0.39, 0.29) is 23.8 Å². The Kier molecular flexibility index (Phi) is 3.54. The highest BCUT2D eigenvalue weighted by Gasteiger charge is 2.14. The molecule has 4 aromatic rings. The highest BCUT2D eigenvalue weighted by molar-refractivity contribution is 5.55. The molecule has 0 atom stereocenters. The summed E-state index contributed by atoms with van der Waals surface area (Å²) in [4.78, 5) is 5.52. The normalized spacial score (nSPS) is 10.9. The minimum atomic E-state index is -0.407. The molecule has 0 unspecified atom stereocenters. The SMILES string of the molecule is Fc1ccccc1-c1noc(Cn2nnc(-c3ccccc3)n2)n1. The zero-order valence-electron chi connectivity index (χ0n) is 12.4. The Bertz CT molecular complexity index is 965. The molecule has 118 valence electrons. The quantitative estimate of drug-likeness (QED) is 0.574. The van der Waals surface area contributed by atoms with E-state index in [0.29, 0.717) is 5.82 Å². The van der Waals surface area contributed by atoms with Crippen LogP contribution in [-0.2, 0) is 6.54 Å². The van der Waals surface area contributed by atoms with Crippen molar-refractivity contribution in [2.75, 3.05) is 0 Å². The van der Waals surface area contributed by atoms with Crippen LogP contribution in [0.4, 0.5) is 4.39 Å². The lowest BCUT2D eigenvalue weighted by molar-refractivity contribution is 0.356. The van der Waals surface area contributed by atoms with Gasteiger partial charge in [0.15, 0.2) is 0 Å². The van der Waals surface area contributed by atoms with Crippen molar-refractivity contribution in [1.29, 1.82) is 0 Å². The van der Waals surface area contributed by atoms with Gasteiger partial charge in [-0.3, -0.25) is 0 Å². The van der Waals surface area contributed by atoms with Crippen LogP contribution in [0.15, 0.2) is 59.1 Å². The number of hydrogen-bond donors (Lipinski definition) is 0. The second-order valence-corrected chi connectivity index (χ2v) is 5.00. The molecule has 8 heteroatoms. The molecule has 0 amide bonds. The van der Waals surface area contributed by atoms with Crippen molar-refractivity contribution in [3.63, 3.8) is 0 Å². The number of hydrogen-bond acceptors (Lipinski definition) is 6. The van der Waals surface area contributed by atoms with Crippen molar-refractivity contribution in [1.82, 2.24) is 30.3 Å². The van der Waals surface area contributed by atoms with Gasteiger partial charge in [0.25, 0.3) is 5.89 Å². The third-order valence-electron chi connectivity index (χ3n) is 3.34. The maximum atomic E-state index is 13.7. The molecule has 2 aromatic carbocycles. The monoisotopic (exact) mass is 322 g/mol. The summed E-state index contributed by atoms with van der Waals surface area (Å²) in [6.07, 6.45) is 0. The van der Waals surface area contributed by atoms with E-state index in [2.05, 4.69) is 25.6 Å². The number of halogens is 1. The Hall–Kier alpha value is -3.42. The van der Waals surface area contributed by atoms with Crippen LogP contribution in [0.25, 0.3) is 22.8 Å². The minimum absolute atomic E-state index is 0.154. The summed E-state index contributed by atoms with van der Waals surface area (Å²) >= 11 is 0. The lowest BCUT2D eigenvalue weighted by Gasteiger charge is -1.95. The van der Waals surface area contributed by atoms with Crippen LogP contribution in [0.2, 0.25) is 0 Å². The zero-order valence-corrected chi connectivity index (χ0v) is 12.4. The number of aromatic nitrogens is 6. The first-order valence-electron chi connectivity index (χ1n) is 7.20. The summed E-state index contributed by atoms with van der Waals surface area (Å²) in [7, 11) is 0. The van der Waals surface area contributed by atoms with Gasteiger partial charge in [0.05, 0.1) is 5.56 Å². The number of nitrogens with zero attached hydrogens (tertiary/aromatic N) is 6. The first kappa shape index (κ1) is 14.2. The van der Waals surface area contributed by atoms with Gasteiger partial charge in [-0.1, -0.05) is 47.6 Å². The summed E-state index contributed by atoms with van der Waals surface area (Å²) in [5.41, 5.74) is 1.14. The zero-order chi connectivity index (χ0) is 16.4. The van der Waals surface area contributed by atoms with Crippen LogP contribution >= 0.6 is 0 Å². The van der Waals surface area contributed by atoms with Crippen molar-refractivity contribution in [2.45, 2.75) is 6.54 Å². The predicted molar refractivity (Wildman–Crippen MR) is 82.0 cm³/mol. The van der Waals surface area contributed by atoms with Gasteiger partial charge >= 0.3 is 0 Å².